The summed E-state index contributed by atoms with van der Waals surface area (Å²) in [7, 11) is 0. The molecule has 18 rings (SSSR count). The first kappa shape index (κ1) is 87.4. The largest absolute Gasteiger partial charge is 0.381 e. The second-order valence-corrected chi connectivity index (χ2v) is 24.9. The summed E-state index contributed by atoms with van der Waals surface area (Å²) in [4.78, 5) is 0. The molecule has 0 radical (unpaired) electrons. The molecule has 18 aliphatic rings. The van der Waals surface area contributed by atoms with E-state index in [2.05, 4.69) is 63.8 Å². The van der Waals surface area contributed by atoms with E-state index in [1.165, 1.54) is 194 Å². The van der Waals surface area contributed by atoms with Crippen LogP contribution in [0.25, 0.3) is 0 Å². The monoisotopic (exact) mass is 1280 g/mol. The molecule has 0 aromatic carbocycles. The van der Waals surface area contributed by atoms with Crippen LogP contribution in [0, 0.1) is 53.3 Å². The van der Waals surface area contributed by atoms with Crippen molar-refractivity contribution in [3.05, 3.63) is 0 Å². The van der Waals surface area contributed by atoms with Crippen molar-refractivity contribution in [1.29, 1.82) is 0 Å². The first-order chi connectivity index (χ1) is 44.7. The van der Waals surface area contributed by atoms with Gasteiger partial charge in [0.25, 0.3) is 0 Å². The highest BCUT2D eigenvalue weighted by molar-refractivity contribution is 4.95. The Labute approximate surface area is 559 Å². The van der Waals surface area contributed by atoms with Gasteiger partial charge in [-0.05, 0) is 191 Å². The molecule has 0 bridgehead atoms. The minimum absolute atomic E-state index is 0.565. The van der Waals surface area contributed by atoms with Crippen molar-refractivity contribution in [2.75, 3.05) is 144 Å². The number of nitrogens with one attached hydrogen (secondary N) is 12. The van der Waals surface area contributed by atoms with Gasteiger partial charge < -0.3 is 82.7 Å². The maximum Gasteiger partial charge on any atom is 0.0740 e. The Bertz CT molecular complexity index is 1010. The molecule has 0 amide bonds. The summed E-state index contributed by atoms with van der Waals surface area (Å²) in [5.74, 6) is 8.47. The summed E-state index contributed by atoms with van der Waals surface area (Å²) < 4.78 is 21.3. The van der Waals surface area contributed by atoms with Crippen molar-refractivity contribution in [1.82, 2.24) is 63.8 Å². The summed E-state index contributed by atoms with van der Waals surface area (Å²) in [6, 6.07) is 4.78. The lowest BCUT2D eigenvalue weighted by Gasteiger charge is -2.06. The Kier molecular flexibility index (Phi) is 56.8. The second-order valence-electron chi connectivity index (χ2n) is 24.9. The molecule has 2 saturated carbocycles. The van der Waals surface area contributed by atoms with Crippen LogP contribution in [0.5, 0.6) is 0 Å². The normalized spacial score (nSPS) is 36.6. The van der Waals surface area contributed by atoms with Gasteiger partial charge in [-0.3, -0.25) is 0 Å². The minimum atomic E-state index is 0.565. The van der Waals surface area contributed by atoms with E-state index in [9.17, 15) is 0 Å². The van der Waals surface area contributed by atoms with Crippen molar-refractivity contribution < 1.29 is 18.9 Å². The Balaban J connectivity index is 0.000000491. The van der Waals surface area contributed by atoms with E-state index in [-0.39, 0.29) is 0 Å². The molecule has 16 heterocycles. The fourth-order valence-corrected chi connectivity index (χ4v) is 15.7. The van der Waals surface area contributed by atoms with Gasteiger partial charge in [0.05, 0.1) is 44.8 Å². The summed E-state index contributed by atoms with van der Waals surface area (Å²) in [6.45, 7) is 61.4. The van der Waals surface area contributed by atoms with Crippen molar-refractivity contribution in [2.45, 2.75) is 282 Å². The van der Waals surface area contributed by atoms with Crippen molar-refractivity contribution in [3.8, 4) is 0 Å². The third-order valence-corrected chi connectivity index (χ3v) is 20.3. The number of ether oxygens (including phenoxy) is 4. The second kappa shape index (κ2) is 58.5. The zero-order valence-corrected chi connectivity index (χ0v) is 62.9. The van der Waals surface area contributed by atoms with Gasteiger partial charge in [0.15, 0.2) is 0 Å². The molecule has 0 aromatic rings. The van der Waals surface area contributed by atoms with E-state index in [1.807, 2.05) is 125 Å². The maximum absolute atomic E-state index is 5.41. The molecular weight excluding hydrogens is 1120 g/mol. The molecule has 0 aromatic heterocycles. The fourth-order valence-electron chi connectivity index (χ4n) is 15.7. The molecule has 2 aliphatic carbocycles. The van der Waals surface area contributed by atoms with Gasteiger partial charge in [0.1, 0.15) is 0 Å². The number of rotatable bonds is 0. The van der Waals surface area contributed by atoms with Gasteiger partial charge in [0.2, 0.25) is 0 Å². The zero-order valence-electron chi connectivity index (χ0n) is 62.9. The third kappa shape index (κ3) is 31.7. The average Bonchev–Trinajstić information content (AvgIpc) is 4.51. The molecular formula is C74H160N12O4. The van der Waals surface area contributed by atoms with E-state index in [4.69, 9.17) is 18.9 Å². The summed E-state index contributed by atoms with van der Waals surface area (Å²) >= 11 is 0. The number of fused-ring (bicyclic) bond motifs is 9. The average molecular weight is 1280 g/mol. The van der Waals surface area contributed by atoms with Gasteiger partial charge in [-0.25, -0.2) is 0 Å². The molecule has 16 unspecified atom stereocenters. The zero-order chi connectivity index (χ0) is 66.6. The molecule has 90 heavy (non-hydrogen) atoms. The van der Waals surface area contributed by atoms with E-state index in [0.29, 0.717) is 30.5 Å². The standard InChI is InChI=1S/2C7H13N.3C6H12N2.4C6H11NO.9C2H6/c1-2-6-4-8-5-7(6)3-1;1-2-6-4-5-8-7(6)3-1;1-3-7-6-2-4-8-5(1)6;1-3-7-6-5(1)2-4-8-6;1-2-8-6-4-7-3-5(1)6;1-5-3-8-4-6(5)2-7-1;1-3-7-5-2-4-8-6(1)5;1-2-8-6-4-7-3-5(1)6;1-2-7-6-4-8-3-5(1)6;9*1-2/h2*6-8H,1-5H2;3*5-8H,1-4H2;4*5-7H,1-4H2;9*1-2H3. The first-order valence-corrected chi connectivity index (χ1v) is 39.8. The summed E-state index contributed by atoms with van der Waals surface area (Å²) in [5, 5.41) is 40.9. The van der Waals surface area contributed by atoms with Crippen molar-refractivity contribution in [3.63, 3.8) is 0 Å². The van der Waals surface area contributed by atoms with Crippen molar-refractivity contribution in [2.24, 2.45) is 53.3 Å². The lowest BCUT2D eigenvalue weighted by molar-refractivity contribution is 0.112. The van der Waals surface area contributed by atoms with Crippen LogP contribution < -0.4 is 63.8 Å². The number of hydrogen-bond acceptors (Lipinski definition) is 16. The van der Waals surface area contributed by atoms with Crippen LogP contribution in [0.1, 0.15) is 227 Å². The molecule has 16 nitrogen and oxygen atoms in total. The van der Waals surface area contributed by atoms with Crippen LogP contribution in [0.15, 0.2) is 0 Å². The highest BCUT2D eigenvalue weighted by atomic mass is 16.5. The Morgan fingerprint density at radius 1 is 0.222 bits per heavy atom. The highest BCUT2D eigenvalue weighted by Gasteiger charge is 2.37. The van der Waals surface area contributed by atoms with Crippen LogP contribution in [0.3, 0.4) is 0 Å². The maximum atomic E-state index is 5.41. The van der Waals surface area contributed by atoms with E-state index in [1.54, 1.807) is 0 Å². The fraction of sp³-hybridized carbons (Fsp3) is 1.00. The lowest BCUT2D eigenvalue weighted by Crippen LogP contribution is -2.34. The molecule has 0 spiro atoms. The summed E-state index contributed by atoms with van der Waals surface area (Å²) in [5.41, 5.74) is 0. The third-order valence-electron chi connectivity index (χ3n) is 20.3. The van der Waals surface area contributed by atoms with E-state index in [0.717, 1.165) is 130 Å². The first-order valence-electron chi connectivity index (χ1n) is 39.8. The topological polar surface area (TPSA) is 181 Å². The van der Waals surface area contributed by atoms with Crippen LogP contribution in [0.4, 0.5) is 0 Å². The number of hydrogen-bond donors (Lipinski definition) is 12. The predicted molar refractivity (Wildman–Crippen MR) is 391 cm³/mol. The van der Waals surface area contributed by atoms with E-state index >= 15 is 0 Å². The van der Waals surface area contributed by atoms with Crippen LogP contribution in [0.2, 0.25) is 0 Å². The Hall–Kier alpha value is -0.640. The molecule has 16 atom stereocenters. The molecule has 12 N–H and O–H groups in total. The Morgan fingerprint density at radius 2 is 0.611 bits per heavy atom. The van der Waals surface area contributed by atoms with Gasteiger partial charge in [-0.2, -0.15) is 0 Å². The van der Waals surface area contributed by atoms with Crippen LogP contribution in [-0.2, 0) is 18.9 Å². The van der Waals surface area contributed by atoms with Crippen LogP contribution in [-0.4, -0.2) is 199 Å². The molecule has 16 saturated heterocycles. The van der Waals surface area contributed by atoms with Gasteiger partial charge in [-0.1, -0.05) is 137 Å². The predicted octanol–water partition coefficient (Wildman–Crippen LogP) is 10.6. The smallest absolute Gasteiger partial charge is 0.0740 e. The highest BCUT2D eigenvalue weighted by Crippen LogP contribution is 2.34. The molecule has 18 fully saturated rings. The molecule has 16 heteroatoms. The Morgan fingerprint density at radius 3 is 1.17 bits per heavy atom. The quantitative estimate of drug-likeness (QED) is 0.110. The van der Waals surface area contributed by atoms with Gasteiger partial charge in [0, 0.05) is 106 Å². The molecule has 540 valence electrons. The minimum Gasteiger partial charge on any atom is -0.381 e. The summed E-state index contributed by atoms with van der Waals surface area (Å²) in [6.07, 6.45) is 24.1. The molecule has 16 aliphatic heterocycles. The van der Waals surface area contributed by atoms with Gasteiger partial charge in [-0.15, -0.1) is 0 Å². The van der Waals surface area contributed by atoms with Crippen LogP contribution >= 0.6 is 0 Å². The lowest BCUT2D eigenvalue weighted by atomic mass is 10.0. The van der Waals surface area contributed by atoms with Crippen molar-refractivity contribution >= 4 is 0 Å². The van der Waals surface area contributed by atoms with Gasteiger partial charge >= 0.3 is 0 Å². The van der Waals surface area contributed by atoms with E-state index < -0.39 is 0 Å². The SMILES string of the molecule is C1CC2CCNC2C1.C1CC2CCNC2N1.C1CC2CNCC2C1.C1CC2CNCC2N1.C1CC2CNCC2O1.C1CC2COCC2N1.C1CC2NCCC2N1.C1CC2OCCC2N1.C1NCC2COCC12.CC.CC.CC.CC.CC.CC.CC.CC.CC.